The van der Waals surface area contributed by atoms with E-state index in [-0.39, 0.29) is 17.3 Å². The Balaban J connectivity index is 1.07. The molecule has 0 aliphatic carbocycles. The number of amides is 2. The van der Waals surface area contributed by atoms with E-state index >= 15 is 0 Å². The van der Waals surface area contributed by atoms with Gasteiger partial charge < -0.3 is 29.9 Å². The van der Waals surface area contributed by atoms with Crippen molar-refractivity contribution in [2.24, 2.45) is 5.92 Å². The highest BCUT2D eigenvalue weighted by molar-refractivity contribution is 6.08. The van der Waals surface area contributed by atoms with Crippen molar-refractivity contribution in [2.45, 2.75) is 44.6 Å². The third-order valence-electron chi connectivity index (χ3n) is 8.82. The zero-order chi connectivity index (χ0) is 29.9. The molecule has 0 bridgehead atoms. The molecule has 13 nitrogen and oxygen atoms in total. The number of aromatic nitrogens is 5. The van der Waals surface area contributed by atoms with Gasteiger partial charge in [-0.3, -0.25) is 9.48 Å². The Bertz CT molecular complexity index is 1420. The van der Waals surface area contributed by atoms with Crippen LogP contribution in [0.25, 0.3) is 5.65 Å². The van der Waals surface area contributed by atoms with Gasteiger partial charge in [0.2, 0.25) is 0 Å². The van der Waals surface area contributed by atoms with Crippen LogP contribution in [0, 0.1) is 5.92 Å². The van der Waals surface area contributed by atoms with E-state index in [4.69, 9.17) is 9.84 Å². The first-order chi connectivity index (χ1) is 20.9. The molecular weight excluding hydrogens is 564 g/mol. The van der Waals surface area contributed by atoms with E-state index in [9.17, 15) is 18.4 Å². The molecule has 3 aliphatic rings. The summed E-state index contributed by atoms with van der Waals surface area (Å²) in [6, 6.07) is 1.77. The number of alkyl halides is 2. The molecule has 3 aliphatic heterocycles. The Morgan fingerprint density at radius 3 is 2.51 bits per heavy atom. The van der Waals surface area contributed by atoms with Gasteiger partial charge in [-0.1, -0.05) is 0 Å². The first-order valence-electron chi connectivity index (χ1n) is 14.9. The van der Waals surface area contributed by atoms with Gasteiger partial charge in [0, 0.05) is 51.7 Å². The topological polar surface area (TPSA) is 133 Å². The van der Waals surface area contributed by atoms with Crippen LogP contribution in [0.1, 0.15) is 60.6 Å². The average Bonchev–Trinajstić information content (AvgIpc) is 3.65. The molecule has 6 heterocycles. The van der Waals surface area contributed by atoms with E-state index in [0.29, 0.717) is 56.8 Å². The molecule has 3 fully saturated rings. The molecular formula is C28H37F2N9O4. The van der Waals surface area contributed by atoms with E-state index in [1.54, 1.807) is 10.9 Å². The second kappa shape index (κ2) is 12.8. The number of rotatable bonds is 8. The summed E-state index contributed by atoms with van der Waals surface area (Å²) in [5.74, 6) is 0.641. The summed E-state index contributed by atoms with van der Waals surface area (Å²) in [7, 11) is 0. The zero-order valence-corrected chi connectivity index (χ0v) is 23.9. The molecule has 6 rings (SSSR count). The molecule has 3 aromatic heterocycles. The van der Waals surface area contributed by atoms with Crippen LogP contribution in [-0.4, -0.2) is 110 Å². The second-order valence-electron chi connectivity index (χ2n) is 11.4. The number of morpholine rings is 1. The molecule has 0 saturated carbocycles. The molecule has 15 heteroatoms. The van der Waals surface area contributed by atoms with Gasteiger partial charge in [0.25, 0.3) is 12.3 Å². The van der Waals surface area contributed by atoms with Gasteiger partial charge in [-0.25, -0.2) is 23.1 Å². The largest absolute Gasteiger partial charge is 0.465 e. The molecule has 0 aromatic carbocycles. The van der Waals surface area contributed by atoms with E-state index in [2.05, 4.69) is 30.3 Å². The quantitative estimate of drug-likeness (QED) is 0.399. The number of piperidine rings is 2. The predicted octanol–water partition coefficient (Wildman–Crippen LogP) is 3.37. The van der Waals surface area contributed by atoms with Crippen molar-refractivity contribution in [3.63, 3.8) is 0 Å². The summed E-state index contributed by atoms with van der Waals surface area (Å²) in [4.78, 5) is 35.0. The minimum atomic E-state index is -2.85. The lowest BCUT2D eigenvalue weighted by molar-refractivity contribution is 0.102. The number of hydrogen-bond acceptors (Lipinski definition) is 8. The van der Waals surface area contributed by atoms with Crippen molar-refractivity contribution in [3.05, 3.63) is 35.9 Å². The number of carboxylic acid groups (broad SMARTS) is 1. The summed E-state index contributed by atoms with van der Waals surface area (Å²) < 4.78 is 36.5. The van der Waals surface area contributed by atoms with Gasteiger partial charge in [-0.05, 0) is 50.6 Å². The van der Waals surface area contributed by atoms with Gasteiger partial charge in [-0.2, -0.15) is 10.2 Å². The first-order valence-corrected chi connectivity index (χ1v) is 14.9. The fraction of sp³-hybridized carbons (Fsp3) is 0.607. The highest BCUT2D eigenvalue weighted by Gasteiger charge is 2.28. The number of nitrogens with one attached hydrogen (secondary N) is 1. The number of likely N-dealkylation sites (tertiary alicyclic amines) is 2. The molecule has 43 heavy (non-hydrogen) atoms. The molecule has 2 N–H and O–H groups in total. The van der Waals surface area contributed by atoms with Crippen LogP contribution in [0.4, 0.5) is 25.1 Å². The lowest BCUT2D eigenvalue weighted by Crippen LogP contribution is -2.39. The fourth-order valence-electron chi connectivity index (χ4n) is 6.21. The van der Waals surface area contributed by atoms with Crippen molar-refractivity contribution < 1.29 is 28.2 Å². The maximum Gasteiger partial charge on any atom is 0.407 e. The van der Waals surface area contributed by atoms with E-state index in [0.717, 1.165) is 51.7 Å². The van der Waals surface area contributed by atoms with Crippen LogP contribution < -0.4 is 10.2 Å². The number of carbonyl (C=O) groups excluding carboxylic acids is 1. The number of hydrogen-bond donors (Lipinski definition) is 2. The van der Waals surface area contributed by atoms with Gasteiger partial charge in [0.15, 0.2) is 11.3 Å². The number of carbonyl (C=O) groups is 2. The van der Waals surface area contributed by atoms with Crippen molar-refractivity contribution in [2.75, 3.05) is 69.2 Å². The normalized spacial score (nSPS) is 19.4. The van der Waals surface area contributed by atoms with Crippen LogP contribution in [0.2, 0.25) is 0 Å². The van der Waals surface area contributed by atoms with E-state index in [1.165, 1.54) is 21.8 Å². The number of halogens is 2. The highest BCUT2D eigenvalue weighted by atomic mass is 19.3. The summed E-state index contributed by atoms with van der Waals surface area (Å²) in [6.07, 6.45) is 5.25. The number of anilines is 2. The molecule has 232 valence electrons. The molecule has 3 saturated heterocycles. The molecule has 0 unspecified atom stereocenters. The Morgan fingerprint density at radius 1 is 1.07 bits per heavy atom. The lowest BCUT2D eigenvalue weighted by Gasteiger charge is -2.34. The third kappa shape index (κ3) is 6.56. The number of fused-ring (bicyclic) bond motifs is 1. The standard InChI is InChI=1S/C28H37F2N9O4/c29-25(30)24-22(32-27(40)21-17-31-38-12-6-23(33-26(21)38)36-13-15-43-16-14-36)18-39(34-24)20-4-8-35(9-5-20)7-1-19-2-10-37(11-3-19)28(41)42/h6,12,17-20,25H,1-5,7-11,13-16H2,(H,32,40)(H,41,42). The highest BCUT2D eigenvalue weighted by Crippen LogP contribution is 2.31. The van der Waals surface area contributed by atoms with Crippen LogP contribution in [-0.2, 0) is 4.74 Å². The van der Waals surface area contributed by atoms with Gasteiger partial charge in [-0.15, -0.1) is 0 Å². The Labute approximate surface area is 247 Å². The monoisotopic (exact) mass is 601 g/mol. The van der Waals surface area contributed by atoms with Crippen LogP contribution in [0.5, 0.6) is 0 Å². The minimum Gasteiger partial charge on any atom is -0.465 e. The number of ether oxygens (including phenoxy) is 1. The summed E-state index contributed by atoms with van der Waals surface area (Å²) in [5, 5.41) is 20.2. The van der Waals surface area contributed by atoms with Gasteiger partial charge in [0.1, 0.15) is 11.4 Å². The Hall–Kier alpha value is -3.85. The Morgan fingerprint density at radius 2 is 1.81 bits per heavy atom. The van der Waals surface area contributed by atoms with Crippen molar-refractivity contribution in [1.29, 1.82) is 0 Å². The Kier molecular flexibility index (Phi) is 8.70. The third-order valence-corrected chi connectivity index (χ3v) is 8.82. The lowest BCUT2D eigenvalue weighted by atomic mass is 9.93. The maximum absolute atomic E-state index is 14.0. The average molecular weight is 602 g/mol. The smallest absolute Gasteiger partial charge is 0.407 e. The van der Waals surface area contributed by atoms with Crippen LogP contribution >= 0.6 is 0 Å². The molecule has 0 atom stereocenters. The summed E-state index contributed by atoms with van der Waals surface area (Å²) >= 11 is 0. The molecule has 3 aromatic rings. The molecule has 0 radical (unpaired) electrons. The predicted molar refractivity (Wildman–Crippen MR) is 153 cm³/mol. The summed E-state index contributed by atoms with van der Waals surface area (Å²) in [6.45, 7) is 6.32. The maximum atomic E-state index is 14.0. The van der Waals surface area contributed by atoms with Crippen LogP contribution in [0.15, 0.2) is 24.7 Å². The molecule has 0 spiro atoms. The van der Waals surface area contributed by atoms with Crippen molar-refractivity contribution in [1.82, 2.24) is 34.2 Å². The van der Waals surface area contributed by atoms with Crippen molar-refractivity contribution in [3.8, 4) is 0 Å². The fourth-order valence-corrected chi connectivity index (χ4v) is 6.21. The van der Waals surface area contributed by atoms with E-state index in [1.807, 2.05) is 6.07 Å². The molecule has 2 amide bonds. The SMILES string of the molecule is O=C(Nc1cn(C2CCN(CCC3CCN(C(=O)O)CC3)CC2)nc1C(F)F)c1cnn2ccc(N3CCOCC3)nc12. The minimum absolute atomic E-state index is 0.0150. The van der Waals surface area contributed by atoms with Gasteiger partial charge >= 0.3 is 6.09 Å². The van der Waals surface area contributed by atoms with E-state index < -0.39 is 24.1 Å². The first kappa shape index (κ1) is 29.2. The second-order valence-corrected chi connectivity index (χ2v) is 11.4. The zero-order valence-electron chi connectivity index (χ0n) is 23.9. The van der Waals surface area contributed by atoms with Crippen LogP contribution in [0.3, 0.4) is 0 Å². The number of nitrogens with zero attached hydrogens (tertiary/aromatic N) is 8. The summed E-state index contributed by atoms with van der Waals surface area (Å²) in [5.41, 5.74) is 0.0537. The van der Waals surface area contributed by atoms with Gasteiger partial charge in [0.05, 0.1) is 31.1 Å². The van der Waals surface area contributed by atoms with Crippen molar-refractivity contribution >= 4 is 29.2 Å².